The molecule has 0 saturated carbocycles. The number of rotatable bonds is 6. The van der Waals surface area contributed by atoms with E-state index >= 15 is 0 Å². The number of ketones is 2. The van der Waals surface area contributed by atoms with Gasteiger partial charge in [-0.15, -0.1) is 0 Å². The predicted molar refractivity (Wildman–Crippen MR) is 104 cm³/mol. The van der Waals surface area contributed by atoms with Crippen LogP contribution in [-0.4, -0.2) is 11.6 Å². The fraction of sp³-hybridized carbons (Fsp3) is 0.0476. The van der Waals surface area contributed by atoms with Gasteiger partial charge in [-0.05, 0) is 5.56 Å². The lowest BCUT2D eigenvalue weighted by Crippen LogP contribution is -2.39. The molecule has 3 aromatic carbocycles. The van der Waals surface area contributed by atoms with Gasteiger partial charge in [0, 0.05) is 11.1 Å². The molecular weight excluding hydrogens is 427 g/mol. The summed E-state index contributed by atoms with van der Waals surface area (Å²) >= 11 is -2.01. The Morgan fingerprint density at radius 3 is 1.32 bits per heavy atom. The van der Waals surface area contributed by atoms with E-state index in [4.69, 9.17) is 0 Å². The number of halogens is 1. The first-order valence-electron chi connectivity index (χ1n) is 7.73. The molecular formula is C21H15IO3. The van der Waals surface area contributed by atoms with E-state index in [0.717, 1.165) is 0 Å². The summed E-state index contributed by atoms with van der Waals surface area (Å²) in [5.74, 6) is -0.841. The van der Waals surface area contributed by atoms with Gasteiger partial charge in [0.1, 0.15) is 0 Å². The van der Waals surface area contributed by atoms with Crippen molar-refractivity contribution in [2.24, 2.45) is 0 Å². The third kappa shape index (κ3) is 3.22. The lowest BCUT2D eigenvalue weighted by Gasteiger charge is -2.25. The molecule has 3 nitrogen and oxygen atoms in total. The maximum absolute atomic E-state index is 13.3. The van der Waals surface area contributed by atoms with Crippen molar-refractivity contribution in [1.29, 1.82) is 0 Å². The van der Waals surface area contributed by atoms with Gasteiger partial charge in [-0.1, -0.05) is 91.0 Å². The molecule has 25 heavy (non-hydrogen) atoms. The highest BCUT2D eigenvalue weighted by Gasteiger charge is 2.49. The standard InChI is InChI=1S/C21H15IO3/c23-19(16-10-4-1-5-11-16)21(22-25,18-14-8-3-9-15-18)20(24)17-12-6-2-7-13-17/h1-15H. The zero-order valence-electron chi connectivity index (χ0n) is 13.3. The molecule has 0 heterocycles. The minimum absolute atomic E-state index is 0.381. The molecule has 4 heteroatoms. The summed E-state index contributed by atoms with van der Waals surface area (Å²) in [6, 6.07) is 25.8. The van der Waals surface area contributed by atoms with Crippen LogP contribution in [0.4, 0.5) is 0 Å². The molecule has 124 valence electrons. The van der Waals surface area contributed by atoms with E-state index in [9.17, 15) is 12.7 Å². The third-order valence-corrected chi connectivity index (χ3v) is 6.25. The Hall–Kier alpha value is -2.47. The summed E-state index contributed by atoms with van der Waals surface area (Å²) in [4.78, 5) is 26.6. The lowest BCUT2D eigenvalue weighted by atomic mass is 9.84. The molecule has 0 unspecified atom stereocenters. The smallest absolute Gasteiger partial charge is 0.204 e. The average Bonchev–Trinajstić information content (AvgIpc) is 2.71. The van der Waals surface area contributed by atoms with Crippen LogP contribution in [-0.2, 0) is 6.49 Å². The van der Waals surface area contributed by atoms with Gasteiger partial charge in [-0.25, -0.2) is 0 Å². The summed E-state index contributed by atoms with van der Waals surface area (Å²) in [6.07, 6.45) is 0. The molecule has 0 aromatic heterocycles. The van der Waals surface area contributed by atoms with E-state index < -0.39 is 36.2 Å². The second-order valence-electron chi connectivity index (χ2n) is 5.49. The number of hydrogen-bond acceptors (Lipinski definition) is 3. The molecule has 0 N–H and O–H groups in total. The van der Waals surface area contributed by atoms with Crippen LogP contribution in [0.5, 0.6) is 0 Å². The quantitative estimate of drug-likeness (QED) is 0.235. The van der Waals surface area contributed by atoms with E-state index in [1.807, 2.05) is 0 Å². The SMILES string of the molecule is O=IC(C(=O)c1ccccc1)(C(=O)c1ccccc1)c1ccccc1. The van der Waals surface area contributed by atoms with Crippen molar-refractivity contribution in [1.82, 2.24) is 0 Å². The largest absolute Gasteiger partial charge is 0.292 e. The van der Waals surface area contributed by atoms with E-state index in [0.29, 0.717) is 16.7 Å². The van der Waals surface area contributed by atoms with Gasteiger partial charge >= 0.3 is 0 Å². The van der Waals surface area contributed by atoms with Gasteiger partial charge in [0.15, 0.2) is 32.8 Å². The summed E-state index contributed by atoms with van der Waals surface area (Å²) < 4.78 is 10.8. The van der Waals surface area contributed by atoms with Gasteiger partial charge in [0.25, 0.3) is 0 Å². The summed E-state index contributed by atoms with van der Waals surface area (Å²) in [6.45, 7) is 0. The van der Waals surface area contributed by atoms with Crippen LogP contribution in [0.15, 0.2) is 91.0 Å². The van der Waals surface area contributed by atoms with Crippen molar-refractivity contribution in [2.75, 3.05) is 0 Å². The Bertz CT molecular complexity index is 839. The van der Waals surface area contributed by atoms with Crippen molar-refractivity contribution in [3.63, 3.8) is 0 Å². The van der Waals surface area contributed by atoms with Crippen molar-refractivity contribution in [2.45, 2.75) is 3.42 Å². The number of Topliss-reactive ketones (excluding diaryl/α,β-unsaturated/α-hetero) is 2. The van der Waals surface area contributed by atoms with E-state index in [1.165, 1.54) is 0 Å². The van der Waals surface area contributed by atoms with Crippen LogP contribution in [0.2, 0.25) is 0 Å². The van der Waals surface area contributed by atoms with E-state index in [2.05, 4.69) is 0 Å². The van der Waals surface area contributed by atoms with Crippen LogP contribution in [0.25, 0.3) is 0 Å². The minimum Gasteiger partial charge on any atom is -0.292 e. The molecule has 0 aliphatic rings. The summed E-state index contributed by atoms with van der Waals surface area (Å²) in [7, 11) is 0. The molecule has 3 rings (SSSR count). The first kappa shape index (κ1) is 17.4. The number of alkyl halides is 1. The highest BCUT2D eigenvalue weighted by atomic mass is 127. The number of hydrogen-bond donors (Lipinski definition) is 0. The molecule has 0 saturated heterocycles. The van der Waals surface area contributed by atoms with Gasteiger partial charge in [-0.3, -0.25) is 12.7 Å². The van der Waals surface area contributed by atoms with Crippen molar-refractivity contribution < 1.29 is 12.7 Å². The van der Waals surface area contributed by atoms with Crippen molar-refractivity contribution in [3.05, 3.63) is 108 Å². The van der Waals surface area contributed by atoms with Crippen LogP contribution in [0.1, 0.15) is 26.3 Å². The van der Waals surface area contributed by atoms with Crippen LogP contribution in [0.3, 0.4) is 0 Å². The zero-order valence-corrected chi connectivity index (χ0v) is 15.4. The Morgan fingerprint density at radius 2 is 0.960 bits per heavy atom. The first-order chi connectivity index (χ1) is 12.2. The van der Waals surface area contributed by atoms with Gasteiger partial charge in [0.05, 0.1) is 0 Å². The van der Waals surface area contributed by atoms with Crippen LogP contribution >= 0.6 is 21.2 Å². The van der Waals surface area contributed by atoms with Crippen molar-refractivity contribution >= 4 is 32.8 Å². The molecule has 0 radical (unpaired) electrons. The predicted octanol–water partition coefficient (Wildman–Crippen LogP) is 4.96. The number of carbonyl (C=O) groups is 2. The maximum Gasteiger partial charge on any atom is 0.204 e. The van der Waals surface area contributed by atoms with Gasteiger partial charge in [0.2, 0.25) is 3.42 Å². The normalized spacial score (nSPS) is 11.0. The second-order valence-corrected chi connectivity index (χ2v) is 7.55. The molecule has 0 bridgehead atoms. The fourth-order valence-electron chi connectivity index (χ4n) is 2.72. The van der Waals surface area contributed by atoms with E-state index in [-0.39, 0.29) is 0 Å². The zero-order chi connectivity index (χ0) is 17.7. The molecule has 3 aromatic rings. The van der Waals surface area contributed by atoms with Crippen LogP contribution < -0.4 is 0 Å². The fourth-order valence-corrected chi connectivity index (χ4v) is 4.36. The van der Waals surface area contributed by atoms with E-state index in [1.54, 1.807) is 91.0 Å². The number of carbonyl (C=O) groups excluding carboxylic acids is 2. The Balaban J connectivity index is 2.23. The lowest BCUT2D eigenvalue weighted by molar-refractivity contribution is 0.0847. The summed E-state index contributed by atoms with van der Waals surface area (Å²) in [5.41, 5.74) is 1.23. The second kappa shape index (κ2) is 7.61. The summed E-state index contributed by atoms with van der Waals surface area (Å²) in [5, 5.41) is 0. The minimum atomic E-state index is -2.01. The first-order valence-corrected chi connectivity index (χ1v) is 9.69. The topological polar surface area (TPSA) is 51.2 Å². The molecule has 0 spiro atoms. The third-order valence-electron chi connectivity index (χ3n) is 3.99. The monoisotopic (exact) mass is 442 g/mol. The highest BCUT2D eigenvalue weighted by molar-refractivity contribution is 14.1. The maximum atomic E-state index is 13.3. The van der Waals surface area contributed by atoms with Crippen molar-refractivity contribution in [3.8, 4) is 0 Å². The molecule has 0 aliphatic carbocycles. The van der Waals surface area contributed by atoms with Gasteiger partial charge < -0.3 is 0 Å². The Kier molecular flexibility index (Phi) is 5.28. The molecule has 0 fully saturated rings. The Labute approximate surface area is 156 Å². The molecule has 0 aliphatic heterocycles. The number of benzene rings is 3. The van der Waals surface area contributed by atoms with Gasteiger partial charge in [-0.2, -0.15) is 0 Å². The Morgan fingerprint density at radius 1 is 0.600 bits per heavy atom. The molecule has 0 atom stereocenters. The van der Waals surface area contributed by atoms with Crippen LogP contribution in [0, 0.1) is 0 Å². The average molecular weight is 442 g/mol. The molecule has 0 amide bonds. The highest BCUT2D eigenvalue weighted by Crippen LogP contribution is 2.42.